The molecular weight excluding hydrogens is 138 g/mol. The van der Waals surface area contributed by atoms with Gasteiger partial charge in [0.1, 0.15) is 5.78 Å². The van der Waals surface area contributed by atoms with Crippen LogP contribution in [0.25, 0.3) is 0 Å². The molecule has 2 nitrogen and oxygen atoms in total. The lowest BCUT2D eigenvalue weighted by atomic mass is 10.1. The molecule has 0 atom stereocenters. The lowest BCUT2D eigenvalue weighted by Gasteiger charge is -2.14. The highest BCUT2D eigenvalue weighted by molar-refractivity contribution is 5.82. The first kappa shape index (κ1) is 8.72. The van der Waals surface area contributed by atoms with Crippen molar-refractivity contribution in [2.75, 3.05) is 19.6 Å². The van der Waals surface area contributed by atoms with Crippen molar-refractivity contribution in [1.82, 2.24) is 4.90 Å². The second-order valence-electron chi connectivity index (χ2n) is 3.60. The van der Waals surface area contributed by atoms with Gasteiger partial charge >= 0.3 is 0 Å². The third-order valence-electron chi connectivity index (χ3n) is 2.22. The molecule has 0 amide bonds. The highest BCUT2D eigenvalue weighted by Gasteiger charge is 2.16. The zero-order valence-electron chi connectivity index (χ0n) is 7.47. The van der Waals surface area contributed by atoms with Crippen LogP contribution in [-0.2, 0) is 4.79 Å². The molecule has 0 aromatic heterocycles. The van der Waals surface area contributed by atoms with E-state index in [2.05, 4.69) is 4.90 Å². The average Bonchev–Trinajstić information content (AvgIpc) is 2.39. The molecule has 0 radical (unpaired) electrons. The van der Waals surface area contributed by atoms with Crippen LogP contribution in [0, 0.1) is 5.92 Å². The van der Waals surface area contributed by atoms with Crippen LogP contribution in [0.1, 0.15) is 26.7 Å². The monoisotopic (exact) mass is 155 g/mol. The van der Waals surface area contributed by atoms with Gasteiger partial charge in [0.05, 0.1) is 6.54 Å². The van der Waals surface area contributed by atoms with Gasteiger partial charge in [-0.2, -0.15) is 0 Å². The van der Waals surface area contributed by atoms with E-state index in [0.29, 0.717) is 12.3 Å². The fraction of sp³-hybridized carbons (Fsp3) is 0.889. The average molecular weight is 155 g/mol. The van der Waals surface area contributed by atoms with Crippen molar-refractivity contribution in [3.8, 4) is 0 Å². The fourth-order valence-corrected chi connectivity index (χ4v) is 1.34. The molecule has 0 N–H and O–H groups in total. The standard InChI is InChI=1S/C9H17NO/c1-8(2)9(11)7-10-5-3-4-6-10/h8H,3-7H2,1-2H3. The van der Waals surface area contributed by atoms with Gasteiger partial charge in [-0.15, -0.1) is 0 Å². The van der Waals surface area contributed by atoms with Gasteiger partial charge in [-0.25, -0.2) is 0 Å². The van der Waals surface area contributed by atoms with Gasteiger partial charge in [0.2, 0.25) is 0 Å². The summed E-state index contributed by atoms with van der Waals surface area (Å²) in [5, 5.41) is 0. The minimum atomic E-state index is 0.204. The first-order valence-corrected chi connectivity index (χ1v) is 4.45. The van der Waals surface area contributed by atoms with E-state index in [1.54, 1.807) is 0 Å². The number of carbonyl (C=O) groups excluding carboxylic acids is 1. The largest absolute Gasteiger partial charge is 0.298 e. The molecule has 0 saturated carbocycles. The van der Waals surface area contributed by atoms with Crippen LogP contribution < -0.4 is 0 Å². The summed E-state index contributed by atoms with van der Waals surface area (Å²) < 4.78 is 0. The van der Waals surface area contributed by atoms with Crippen LogP contribution in [0.5, 0.6) is 0 Å². The van der Waals surface area contributed by atoms with Crippen molar-refractivity contribution in [3.63, 3.8) is 0 Å². The normalized spacial score (nSPS) is 19.5. The van der Waals surface area contributed by atoms with E-state index < -0.39 is 0 Å². The topological polar surface area (TPSA) is 20.3 Å². The van der Waals surface area contributed by atoms with Crippen molar-refractivity contribution >= 4 is 5.78 Å². The van der Waals surface area contributed by atoms with Crippen molar-refractivity contribution in [2.45, 2.75) is 26.7 Å². The first-order chi connectivity index (χ1) is 5.20. The highest BCUT2D eigenvalue weighted by atomic mass is 16.1. The Morgan fingerprint density at radius 2 is 1.91 bits per heavy atom. The molecule has 0 aliphatic carbocycles. The molecule has 2 heteroatoms. The lowest BCUT2D eigenvalue weighted by Crippen LogP contribution is -2.29. The Kier molecular flexibility index (Phi) is 3.06. The molecule has 64 valence electrons. The molecule has 1 rings (SSSR count). The van der Waals surface area contributed by atoms with Gasteiger partial charge in [0.15, 0.2) is 0 Å². The Morgan fingerprint density at radius 3 is 2.36 bits per heavy atom. The fourth-order valence-electron chi connectivity index (χ4n) is 1.34. The van der Waals surface area contributed by atoms with E-state index >= 15 is 0 Å². The van der Waals surface area contributed by atoms with Crippen LogP contribution in [0.4, 0.5) is 0 Å². The van der Waals surface area contributed by atoms with E-state index in [4.69, 9.17) is 0 Å². The Hall–Kier alpha value is -0.370. The Labute approximate surface area is 68.6 Å². The quantitative estimate of drug-likeness (QED) is 0.612. The van der Waals surface area contributed by atoms with Gasteiger partial charge in [0.25, 0.3) is 0 Å². The van der Waals surface area contributed by atoms with E-state index in [9.17, 15) is 4.79 Å². The number of hydrogen-bond donors (Lipinski definition) is 0. The zero-order chi connectivity index (χ0) is 8.27. The van der Waals surface area contributed by atoms with Crippen molar-refractivity contribution in [1.29, 1.82) is 0 Å². The predicted octanol–water partition coefficient (Wildman–Crippen LogP) is 1.31. The van der Waals surface area contributed by atoms with Crippen LogP contribution in [0.2, 0.25) is 0 Å². The molecule has 0 aromatic rings. The number of Topliss-reactive ketones (excluding diaryl/α,β-unsaturated/α-hetero) is 1. The summed E-state index contributed by atoms with van der Waals surface area (Å²) in [6, 6.07) is 0. The van der Waals surface area contributed by atoms with Gasteiger partial charge in [0, 0.05) is 5.92 Å². The molecule has 1 heterocycles. The van der Waals surface area contributed by atoms with Crippen LogP contribution in [-0.4, -0.2) is 30.3 Å². The Bertz CT molecular complexity index is 136. The molecule has 0 spiro atoms. The van der Waals surface area contributed by atoms with Crippen LogP contribution >= 0.6 is 0 Å². The second kappa shape index (κ2) is 3.86. The molecule has 0 unspecified atom stereocenters. The summed E-state index contributed by atoms with van der Waals surface area (Å²) in [7, 11) is 0. The Balaban J connectivity index is 2.24. The molecule has 1 aliphatic heterocycles. The van der Waals surface area contributed by atoms with E-state index in [1.165, 1.54) is 12.8 Å². The first-order valence-electron chi connectivity index (χ1n) is 4.45. The zero-order valence-corrected chi connectivity index (χ0v) is 7.47. The maximum Gasteiger partial charge on any atom is 0.149 e. The summed E-state index contributed by atoms with van der Waals surface area (Å²) in [5.74, 6) is 0.586. The summed E-state index contributed by atoms with van der Waals surface area (Å²) in [4.78, 5) is 13.5. The smallest absolute Gasteiger partial charge is 0.149 e. The third-order valence-corrected chi connectivity index (χ3v) is 2.22. The molecule has 1 saturated heterocycles. The van der Waals surface area contributed by atoms with Crippen molar-refractivity contribution in [3.05, 3.63) is 0 Å². The molecule has 1 fully saturated rings. The molecule has 0 aromatic carbocycles. The highest BCUT2D eigenvalue weighted by Crippen LogP contribution is 2.08. The van der Waals surface area contributed by atoms with Gasteiger partial charge in [-0.1, -0.05) is 13.8 Å². The minimum absolute atomic E-state index is 0.204. The molecule has 1 aliphatic rings. The predicted molar refractivity (Wildman–Crippen MR) is 45.5 cm³/mol. The summed E-state index contributed by atoms with van der Waals surface area (Å²) in [5.41, 5.74) is 0. The van der Waals surface area contributed by atoms with Crippen molar-refractivity contribution in [2.24, 2.45) is 5.92 Å². The third kappa shape index (κ3) is 2.62. The van der Waals surface area contributed by atoms with Crippen molar-refractivity contribution < 1.29 is 4.79 Å². The van der Waals surface area contributed by atoms with Gasteiger partial charge in [-0.05, 0) is 25.9 Å². The van der Waals surface area contributed by atoms with Crippen LogP contribution in [0.3, 0.4) is 0 Å². The second-order valence-corrected chi connectivity index (χ2v) is 3.60. The van der Waals surface area contributed by atoms with E-state index in [-0.39, 0.29) is 5.92 Å². The van der Waals surface area contributed by atoms with Gasteiger partial charge in [-0.3, -0.25) is 9.69 Å². The maximum absolute atomic E-state index is 11.3. The molecule has 11 heavy (non-hydrogen) atoms. The summed E-state index contributed by atoms with van der Waals surface area (Å²) >= 11 is 0. The number of rotatable bonds is 3. The maximum atomic E-state index is 11.3. The SMILES string of the molecule is CC(C)C(=O)CN1CCCC1. The van der Waals surface area contributed by atoms with E-state index in [1.807, 2.05) is 13.8 Å². The Morgan fingerprint density at radius 1 is 1.36 bits per heavy atom. The minimum Gasteiger partial charge on any atom is -0.298 e. The number of carbonyl (C=O) groups is 1. The van der Waals surface area contributed by atoms with E-state index in [0.717, 1.165) is 13.1 Å². The summed E-state index contributed by atoms with van der Waals surface area (Å²) in [6.45, 7) is 6.87. The molecule has 0 bridgehead atoms. The number of ketones is 1. The number of likely N-dealkylation sites (tertiary alicyclic amines) is 1. The lowest BCUT2D eigenvalue weighted by molar-refractivity contribution is -0.122. The summed E-state index contributed by atoms with van der Waals surface area (Å²) in [6.07, 6.45) is 2.54. The van der Waals surface area contributed by atoms with Gasteiger partial charge < -0.3 is 0 Å². The van der Waals surface area contributed by atoms with Crippen LogP contribution in [0.15, 0.2) is 0 Å². The number of hydrogen-bond acceptors (Lipinski definition) is 2. The number of nitrogens with zero attached hydrogens (tertiary/aromatic N) is 1. The molecular formula is C9H17NO.